The van der Waals surface area contributed by atoms with Crippen molar-refractivity contribution in [3.63, 3.8) is 0 Å². The van der Waals surface area contributed by atoms with Crippen molar-refractivity contribution in [1.82, 2.24) is 19.7 Å². The van der Waals surface area contributed by atoms with E-state index in [-0.39, 0.29) is 17.1 Å². The number of rotatable bonds is 4. The maximum atomic E-state index is 12.7. The minimum Gasteiger partial charge on any atom is -0.295 e. The molecule has 4 aromatic rings. The van der Waals surface area contributed by atoms with Gasteiger partial charge in [0.25, 0.3) is 11.1 Å². The number of anilines is 1. The van der Waals surface area contributed by atoms with E-state index in [4.69, 9.17) is 11.6 Å². The molecule has 0 saturated heterocycles. The molecule has 0 aliphatic rings. The first-order chi connectivity index (χ1) is 13.9. The highest BCUT2D eigenvalue weighted by atomic mass is 79.9. The Labute approximate surface area is 177 Å². The Bertz CT molecular complexity index is 1370. The van der Waals surface area contributed by atoms with E-state index < -0.39 is 0 Å². The molecule has 0 spiro atoms. The van der Waals surface area contributed by atoms with E-state index in [0.717, 1.165) is 4.47 Å². The molecule has 0 aliphatic heterocycles. The van der Waals surface area contributed by atoms with E-state index in [9.17, 15) is 9.59 Å². The lowest BCUT2D eigenvalue weighted by Crippen LogP contribution is -2.17. The second kappa shape index (κ2) is 7.69. The van der Waals surface area contributed by atoms with Crippen molar-refractivity contribution in [1.29, 1.82) is 0 Å². The predicted octanol–water partition coefficient (Wildman–Crippen LogP) is 3.57. The van der Waals surface area contributed by atoms with Crippen LogP contribution >= 0.6 is 27.5 Å². The highest BCUT2D eigenvalue weighted by Gasteiger charge is 2.11. The fraction of sp³-hybridized carbons (Fsp3) is 0.0526. The van der Waals surface area contributed by atoms with Gasteiger partial charge in [0.05, 0.1) is 28.4 Å². The summed E-state index contributed by atoms with van der Waals surface area (Å²) in [4.78, 5) is 31.8. The molecule has 0 unspecified atom stereocenters. The number of H-pyrrole nitrogens is 2. The smallest absolute Gasteiger partial charge is 0.280 e. The van der Waals surface area contributed by atoms with Gasteiger partial charge in [-0.3, -0.25) is 19.7 Å². The minimum absolute atomic E-state index is 0.171. The topological polar surface area (TPSA) is 108 Å². The summed E-state index contributed by atoms with van der Waals surface area (Å²) in [6.07, 6.45) is 1.38. The first-order valence-electron chi connectivity index (χ1n) is 8.48. The molecule has 0 amide bonds. The van der Waals surface area contributed by atoms with Crippen LogP contribution in [0.2, 0.25) is 5.02 Å². The van der Waals surface area contributed by atoms with Crippen molar-refractivity contribution < 1.29 is 0 Å². The van der Waals surface area contributed by atoms with E-state index in [2.05, 4.69) is 41.5 Å². The zero-order valence-electron chi connectivity index (χ0n) is 15.0. The molecule has 8 nitrogen and oxygen atoms in total. The monoisotopic (exact) mass is 472 g/mol. The summed E-state index contributed by atoms with van der Waals surface area (Å²) in [5, 5.41) is 8.02. The fourth-order valence-electron chi connectivity index (χ4n) is 2.83. The van der Waals surface area contributed by atoms with Gasteiger partial charge in [-0.05, 0) is 43.3 Å². The standard InChI is InChI=1S/C19H14BrClN6O2/c1-10-15(18(29)27(26-10)13-4-2-3-12(21)8-13)9-22-25-19-23-16-6-5-11(20)7-14(16)17(28)24-19/h2-9,26H,1H3,(H2,23,24,25,28). The van der Waals surface area contributed by atoms with Crippen molar-refractivity contribution in [2.75, 3.05) is 5.43 Å². The van der Waals surface area contributed by atoms with Crippen LogP contribution in [-0.2, 0) is 0 Å². The summed E-state index contributed by atoms with van der Waals surface area (Å²) in [5.41, 5.74) is 4.22. The number of hydrogen-bond acceptors (Lipinski definition) is 5. The van der Waals surface area contributed by atoms with Gasteiger partial charge >= 0.3 is 0 Å². The summed E-state index contributed by atoms with van der Waals surface area (Å²) < 4.78 is 2.17. The van der Waals surface area contributed by atoms with Crippen LogP contribution in [0.5, 0.6) is 0 Å². The third-order valence-corrected chi connectivity index (χ3v) is 4.94. The van der Waals surface area contributed by atoms with Crippen molar-refractivity contribution in [3.8, 4) is 5.69 Å². The number of aromatic amines is 2. The first kappa shape index (κ1) is 19.2. The number of nitrogens with one attached hydrogen (secondary N) is 3. The average molecular weight is 474 g/mol. The van der Waals surface area contributed by atoms with E-state index in [0.29, 0.717) is 32.9 Å². The molecule has 2 aromatic heterocycles. The van der Waals surface area contributed by atoms with Crippen LogP contribution in [0.25, 0.3) is 16.6 Å². The van der Waals surface area contributed by atoms with E-state index in [1.54, 1.807) is 49.4 Å². The second-order valence-electron chi connectivity index (χ2n) is 6.22. The number of hydrazone groups is 1. The molecule has 0 bridgehead atoms. The van der Waals surface area contributed by atoms with Crippen LogP contribution in [0.3, 0.4) is 0 Å². The lowest BCUT2D eigenvalue weighted by Gasteiger charge is -2.02. The second-order valence-corrected chi connectivity index (χ2v) is 7.57. The molecule has 29 heavy (non-hydrogen) atoms. The number of aromatic nitrogens is 4. The van der Waals surface area contributed by atoms with Crippen molar-refractivity contribution in [2.24, 2.45) is 5.10 Å². The largest absolute Gasteiger partial charge is 0.295 e. The Morgan fingerprint density at radius 1 is 1.24 bits per heavy atom. The van der Waals surface area contributed by atoms with Gasteiger partial charge in [-0.15, -0.1) is 0 Å². The lowest BCUT2D eigenvalue weighted by atomic mass is 10.2. The number of nitrogens with zero attached hydrogens (tertiary/aromatic N) is 3. The van der Waals surface area contributed by atoms with Crippen LogP contribution < -0.4 is 16.5 Å². The maximum Gasteiger partial charge on any atom is 0.280 e. The van der Waals surface area contributed by atoms with Crippen molar-refractivity contribution in [2.45, 2.75) is 6.92 Å². The fourth-order valence-corrected chi connectivity index (χ4v) is 3.38. The third kappa shape index (κ3) is 3.87. The zero-order valence-corrected chi connectivity index (χ0v) is 17.4. The van der Waals surface area contributed by atoms with E-state index >= 15 is 0 Å². The van der Waals surface area contributed by atoms with Gasteiger partial charge in [-0.2, -0.15) is 5.10 Å². The Morgan fingerprint density at radius 2 is 2.07 bits per heavy atom. The van der Waals surface area contributed by atoms with Gasteiger partial charge in [0.1, 0.15) is 0 Å². The molecular formula is C19H14BrClN6O2. The maximum absolute atomic E-state index is 12.7. The molecule has 3 N–H and O–H groups in total. The van der Waals surface area contributed by atoms with Crippen LogP contribution in [0.1, 0.15) is 11.3 Å². The van der Waals surface area contributed by atoms with Crippen LogP contribution in [0, 0.1) is 6.92 Å². The molecule has 2 aromatic carbocycles. The van der Waals surface area contributed by atoms with Gasteiger partial charge in [-0.25, -0.2) is 15.1 Å². The average Bonchev–Trinajstić information content (AvgIpc) is 2.97. The lowest BCUT2D eigenvalue weighted by molar-refractivity contribution is 0.835. The molecule has 2 heterocycles. The molecule has 4 rings (SSSR count). The quantitative estimate of drug-likeness (QED) is 0.311. The SMILES string of the molecule is Cc1[nH]n(-c2cccc(Cl)c2)c(=O)c1C=NNc1nc2ccc(Br)cc2c(=O)[nH]1. The molecule has 0 fully saturated rings. The number of halogens is 2. The predicted molar refractivity (Wildman–Crippen MR) is 117 cm³/mol. The van der Waals surface area contributed by atoms with Gasteiger partial charge in [0, 0.05) is 15.2 Å². The minimum atomic E-state index is -0.296. The molecule has 0 saturated carbocycles. The van der Waals surface area contributed by atoms with Gasteiger partial charge in [0.15, 0.2) is 0 Å². The Kier molecular flexibility index (Phi) is 5.08. The van der Waals surface area contributed by atoms with Gasteiger partial charge in [-0.1, -0.05) is 33.6 Å². The number of hydrogen-bond donors (Lipinski definition) is 3. The summed E-state index contributed by atoms with van der Waals surface area (Å²) in [5.74, 6) is 0.171. The van der Waals surface area contributed by atoms with Gasteiger partial charge in [0.2, 0.25) is 5.95 Å². The number of fused-ring (bicyclic) bond motifs is 1. The summed E-state index contributed by atoms with van der Waals surface area (Å²) in [6, 6.07) is 12.1. The molecule has 10 heteroatoms. The number of benzene rings is 2. The Morgan fingerprint density at radius 3 is 2.86 bits per heavy atom. The third-order valence-electron chi connectivity index (χ3n) is 4.21. The molecule has 146 valence electrons. The van der Waals surface area contributed by atoms with Crippen LogP contribution in [0.4, 0.5) is 5.95 Å². The summed E-state index contributed by atoms with van der Waals surface area (Å²) in [7, 11) is 0. The Balaban J connectivity index is 1.62. The molecular weight excluding hydrogens is 460 g/mol. The molecule has 0 aliphatic carbocycles. The van der Waals surface area contributed by atoms with E-state index in [1.165, 1.54) is 10.9 Å². The van der Waals surface area contributed by atoms with Crippen LogP contribution in [-0.4, -0.2) is 26.0 Å². The van der Waals surface area contributed by atoms with Crippen molar-refractivity contribution in [3.05, 3.63) is 83.9 Å². The van der Waals surface area contributed by atoms with Crippen molar-refractivity contribution >= 4 is 50.6 Å². The Hall–Kier alpha value is -3.17. The highest BCUT2D eigenvalue weighted by molar-refractivity contribution is 9.10. The zero-order chi connectivity index (χ0) is 20.5. The molecule has 0 radical (unpaired) electrons. The molecule has 0 atom stereocenters. The summed E-state index contributed by atoms with van der Waals surface area (Å²) in [6.45, 7) is 1.76. The van der Waals surface area contributed by atoms with Gasteiger partial charge < -0.3 is 0 Å². The highest BCUT2D eigenvalue weighted by Crippen LogP contribution is 2.16. The van der Waals surface area contributed by atoms with E-state index in [1.807, 2.05) is 0 Å². The first-order valence-corrected chi connectivity index (χ1v) is 9.66. The van der Waals surface area contributed by atoms with Crippen LogP contribution in [0.15, 0.2) is 61.6 Å². The normalized spacial score (nSPS) is 11.4. The summed E-state index contributed by atoms with van der Waals surface area (Å²) >= 11 is 9.33. The number of aryl methyl sites for hydroxylation is 1.